The quantitative estimate of drug-likeness (QED) is 0.670. The fourth-order valence-corrected chi connectivity index (χ4v) is 3.29. The van der Waals surface area contributed by atoms with Crippen molar-refractivity contribution in [1.29, 1.82) is 0 Å². The second-order valence-electron chi connectivity index (χ2n) is 6.00. The molecule has 1 aliphatic rings. The van der Waals surface area contributed by atoms with E-state index in [2.05, 4.69) is 0 Å². The summed E-state index contributed by atoms with van der Waals surface area (Å²) in [7, 11) is 0. The van der Waals surface area contributed by atoms with Crippen LogP contribution in [-0.4, -0.2) is 17.2 Å². The van der Waals surface area contributed by atoms with Gasteiger partial charge in [-0.1, -0.05) is 12.5 Å². The summed E-state index contributed by atoms with van der Waals surface area (Å²) in [5.41, 5.74) is 6.42. The number of nitrogens with zero attached hydrogens (tertiary/aromatic N) is 1. The first-order chi connectivity index (χ1) is 11.0. The number of pyridine rings is 1. The summed E-state index contributed by atoms with van der Waals surface area (Å²) in [6.45, 7) is 1.46. The van der Waals surface area contributed by atoms with Crippen LogP contribution in [0.4, 0.5) is 5.69 Å². The molecule has 23 heavy (non-hydrogen) atoms. The molecule has 0 atom stereocenters. The Hall–Kier alpha value is -2.50. The van der Waals surface area contributed by atoms with Crippen molar-refractivity contribution in [2.24, 2.45) is 0 Å². The lowest BCUT2D eigenvalue weighted by molar-refractivity contribution is -0.584. The predicted molar refractivity (Wildman–Crippen MR) is 86.5 cm³/mol. The third kappa shape index (κ3) is 2.65. The van der Waals surface area contributed by atoms with Crippen molar-refractivity contribution in [2.45, 2.75) is 45.1 Å². The van der Waals surface area contributed by atoms with Gasteiger partial charge in [0.15, 0.2) is 5.56 Å². The minimum atomic E-state index is -1.21. The highest BCUT2D eigenvalue weighted by Gasteiger charge is 2.26. The van der Waals surface area contributed by atoms with Gasteiger partial charge >= 0.3 is 5.97 Å². The second-order valence-corrected chi connectivity index (χ2v) is 6.00. The number of ether oxygens (including phenoxy) is 1. The second kappa shape index (κ2) is 5.95. The monoisotopic (exact) mass is 316 g/mol. The molecular formula is C17H20N2O4. The van der Waals surface area contributed by atoms with Crippen molar-refractivity contribution in [3.8, 4) is 5.75 Å². The Morgan fingerprint density at radius 3 is 2.70 bits per heavy atom. The van der Waals surface area contributed by atoms with Crippen molar-refractivity contribution in [2.75, 3.05) is 5.73 Å². The van der Waals surface area contributed by atoms with Crippen LogP contribution in [0.3, 0.4) is 0 Å². The van der Waals surface area contributed by atoms with Crippen LogP contribution < -0.4 is 15.2 Å². The fraction of sp³-hybridized carbons (Fsp3) is 0.412. The van der Waals surface area contributed by atoms with Crippen LogP contribution >= 0.6 is 0 Å². The molecule has 0 aliphatic heterocycles. The SMILES string of the molecule is Cc1c(C(=O)O)c(N)c2c(OC3CCCCC3)cccc2[n+]1[O-]. The molecule has 0 radical (unpaired) electrons. The van der Waals surface area contributed by atoms with E-state index in [9.17, 15) is 15.1 Å². The van der Waals surface area contributed by atoms with Gasteiger partial charge in [-0.3, -0.25) is 0 Å². The number of nitrogen functional groups attached to an aromatic ring is 1. The minimum Gasteiger partial charge on any atom is -0.618 e. The molecule has 0 bridgehead atoms. The number of aromatic nitrogens is 1. The molecule has 1 aliphatic carbocycles. The van der Waals surface area contributed by atoms with E-state index in [0.717, 1.165) is 25.7 Å². The molecule has 0 spiro atoms. The average molecular weight is 316 g/mol. The van der Waals surface area contributed by atoms with Gasteiger partial charge < -0.3 is 20.8 Å². The van der Waals surface area contributed by atoms with Gasteiger partial charge in [-0.05, 0) is 31.7 Å². The van der Waals surface area contributed by atoms with Gasteiger partial charge in [-0.25, -0.2) is 4.79 Å². The van der Waals surface area contributed by atoms with Crippen molar-refractivity contribution in [3.63, 3.8) is 0 Å². The molecule has 122 valence electrons. The van der Waals surface area contributed by atoms with Crippen LogP contribution in [-0.2, 0) is 0 Å². The zero-order valence-electron chi connectivity index (χ0n) is 13.0. The molecule has 6 nitrogen and oxygen atoms in total. The van der Waals surface area contributed by atoms with E-state index in [1.807, 2.05) is 0 Å². The van der Waals surface area contributed by atoms with E-state index >= 15 is 0 Å². The molecule has 3 N–H and O–H groups in total. The number of rotatable bonds is 3. The maximum atomic E-state index is 12.4. The lowest BCUT2D eigenvalue weighted by atomic mass is 9.97. The van der Waals surface area contributed by atoms with Crippen molar-refractivity contribution in [1.82, 2.24) is 0 Å². The number of benzene rings is 1. The smallest absolute Gasteiger partial charge is 0.344 e. The maximum absolute atomic E-state index is 12.4. The zero-order chi connectivity index (χ0) is 16.6. The van der Waals surface area contributed by atoms with E-state index in [-0.39, 0.29) is 23.0 Å². The number of carboxylic acid groups (broad SMARTS) is 1. The first kappa shape index (κ1) is 15.4. The predicted octanol–water partition coefficient (Wildman–Crippen LogP) is 2.77. The first-order valence-electron chi connectivity index (χ1n) is 7.85. The Kier molecular flexibility index (Phi) is 3.98. The van der Waals surface area contributed by atoms with E-state index in [0.29, 0.717) is 21.4 Å². The largest absolute Gasteiger partial charge is 0.618 e. The number of carbonyl (C=O) groups is 1. The van der Waals surface area contributed by atoms with Crippen LogP contribution in [0.15, 0.2) is 18.2 Å². The number of aromatic carboxylic acids is 1. The number of hydrogen-bond donors (Lipinski definition) is 2. The van der Waals surface area contributed by atoms with Crippen LogP contribution in [0.1, 0.15) is 48.2 Å². The summed E-state index contributed by atoms with van der Waals surface area (Å²) in [5.74, 6) is -0.724. The highest BCUT2D eigenvalue weighted by molar-refractivity contribution is 6.05. The zero-order valence-corrected chi connectivity index (χ0v) is 13.0. The van der Waals surface area contributed by atoms with Gasteiger partial charge in [0.2, 0.25) is 11.2 Å². The lowest BCUT2D eigenvalue weighted by Gasteiger charge is -2.24. The standard InChI is InChI=1S/C17H20N2O4/c1-10-14(17(20)21)16(18)15-12(19(10)22)8-5-9-13(15)23-11-6-3-2-4-7-11/h5,8-9,11H,2-4,6-7,18H2,1H3,(H,20,21). The third-order valence-electron chi connectivity index (χ3n) is 4.49. The third-order valence-corrected chi connectivity index (χ3v) is 4.49. The molecule has 0 unspecified atom stereocenters. The summed E-state index contributed by atoms with van der Waals surface area (Å²) in [6, 6.07) is 5.10. The van der Waals surface area contributed by atoms with Gasteiger partial charge in [0.25, 0.3) is 0 Å². The van der Waals surface area contributed by atoms with E-state index in [1.165, 1.54) is 13.3 Å². The summed E-state index contributed by atoms with van der Waals surface area (Å²) >= 11 is 0. The highest BCUT2D eigenvalue weighted by atomic mass is 16.5. The Labute approximate surface area is 134 Å². The van der Waals surface area contributed by atoms with Crippen LogP contribution in [0.25, 0.3) is 10.9 Å². The van der Waals surface area contributed by atoms with Crippen molar-refractivity contribution in [3.05, 3.63) is 34.7 Å². The molecule has 0 saturated heterocycles. The highest BCUT2D eigenvalue weighted by Crippen LogP contribution is 2.34. The van der Waals surface area contributed by atoms with Crippen LogP contribution in [0, 0.1) is 12.1 Å². The van der Waals surface area contributed by atoms with Crippen LogP contribution in [0.5, 0.6) is 5.75 Å². The number of nitrogens with two attached hydrogens (primary N) is 1. The topological polar surface area (TPSA) is 99.5 Å². The number of hydrogen-bond acceptors (Lipinski definition) is 4. The maximum Gasteiger partial charge on any atom is 0.344 e. The van der Waals surface area contributed by atoms with Gasteiger partial charge in [0, 0.05) is 13.0 Å². The van der Waals surface area contributed by atoms with E-state index in [4.69, 9.17) is 10.5 Å². The molecule has 1 aromatic carbocycles. The Morgan fingerprint density at radius 2 is 2.04 bits per heavy atom. The van der Waals surface area contributed by atoms with Crippen LogP contribution in [0.2, 0.25) is 0 Å². The summed E-state index contributed by atoms with van der Waals surface area (Å²) in [4.78, 5) is 11.5. The van der Waals surface area contributed by atoms with Gasteiger partial charge in [0.05, 0.1) is 11.8 Å². The lowest BCUT2D eigenvalue weighted by Crippen LogP contribution is -2.34. The normalized spacial score (nSPS) is 15.7. The average Bonchev–Trinajstić information content (AvgIpc) is 2.53. The van der Waals surface area contributed by atoms with E-state index in [1.54, 1.807) is 18.2 Å². The van der Waals surface area contributed by atoms with Crippen molar-refractivity contribution < 1.29 is 19.4 Å². The molecule has 2 aromatic rings. The first-order valence-corrected chi connectivity index (χ1v) is 7.85. The Bertz CT molecular complexity index is 767. The number of anilines is 1. The molecular weight excluding hydrogens is 296 g/mol. The Morgan fingerprint density at radius 1 is 1.35 bits per heavy atom. The number of carboxylic acids is 1. The molecule has 0 amide bonds. The van der Waals surface area contributed by atoms with Crippen molar-refractivity contribution >= 4 is 22.6 Å². The fourth-order valence-electron chi connectivity index (χ4n) is 3.29. The molecule has 6 heteroatoms. The molecule has 3 rings (SSSR count). The molecule has 1 fully saturated rings. The summed E-state index contributed by atoms with van der Waals surface area (Å²) < 4.78 is 6.67. The number of fused-ring (bicyclic) bond motifs is 1. The molecule has 1 aromatic heterocycles. The van der Waals surface area contributed by atoms with Gasteiger partial charge in [-0.15, -0.1) is 0 Å². The molecule has 1 saturated carbocycles. The summed E-state index contributed by atoms with van der Waals surface area (Å²) in [6.07, 6.45) is 5.46. The van der Waals surface area contributed by atoms with Gasteiger partial charge in [-0.2, -0.15) is 4.73 Å². The molecule has 1 heterocycles. The minimum absolute atomic E-state index is 0.0808. The Balaban J connectivity index is 2.17. The summed E-state index contributed by atoms with van der Waals surface area (Å²) in [5, 5.41) is 22.1. The van der Waals surface area contributed by atoms with E-state index < -0.39 is 5.97 Å². The van der Waals surface area contributed by atoms with Gasteiger partial charge in [0.1, 0.15) is 11.1 Å².